The fourth-order valence-corrected chi connectivity index (χ4v) is 2.04. The summed E-state index contributed by atoms with van der Waals surface area (Å²) in [5.41, 5.74) is 1.57. The molecule has 0 atom stereocenters. The van der Waals surface area contributed by atoms with E-state index in [9.17, 15) is 4.79 Å². The topological polar surface area (TPSA) is 51.1 Å². The Hall–Kier alpha value is -3.08. The largest absolute Gasteiger partial charge is 0.497 e. The Kier molecular flexibility index (Phi) is 6.14. The van der Waals surface area contributed by atoms with Gasteiger partial charge in [-0.1, -0.05) is 12.1 Å². The van der Waals surface area contributed by atoms with E-state index in [-0.39, 0.29) is 5.91 Å². The molecule has 2 rings (SSSR count). The molecule has 24 heavy (non-hydrogen) atoms. The van der Waals surface area contributed by atoms with Crippen LogP contribution in [0.2, 0.25) is 0 Å². The molecule has 0 spiro atoms. The lowest BCUT2D eigenvalue weighted by molar-refractivity contribution is -0.114. The molecule has 2 aromatic rings. The van der Waals surface area contributed by atoms with Gasteiger partial charge < -0.3 is 9.47 Å². The van der Waals surface area contributed by atoms with E-state index >= 15 is 0 Å². The number of ether oxygens (including phenoxy) is 2. The van der Waals surface area contributed by atoms with Crippen LogP contribution in [0.15, 0.2) is 59.7 Å². The molecule has 0 aromatic heterocycles. The zero-order valence-corrected chi connectivity index (χ0v) is 14.0. The van der Waals surface area contributed by atoms with Gasteiger partial charge in [0.1, 0.15) is 11.5 Å². The molecule has 1 amide bonds. The molecule has 124 valence electrons. The maximum absolute atomic E-state index is 12.5. The van der Waals surface area contributed by atoms with Crippen molar-refractivity contribution in [1.82, 2.24) is 0 Å². The Morgan fingerprint density at radius 3 is 2.00 bits per heavy atom. The van der Waals surface area contributed by atoms with Crippen molar-refractivity contribution in [2.45, 2.75) is 6.92 Å². The molecule has 0 heterocycles. The van der Waals surface area contributed by atoms with Crippen molar-refractivity contribution in [3.8, 4) is 11.5 Å². The maximum Gasteiger partial charge on any atom is 0.271 e. The molecule has 2 aromatic carbocycles. The van der Waals surface area contributed by atoms with Crippen LogP contribution in [0.3, 0.4) is 0 Å². The van der Waals surface area contributed by atoms with E-state index in [0.717, 1.165) is 17.1 Å². The van der Waals surface area contributed by atoms with Crippen LogP contribution in [-0.2, 0) is 4.79 Å². The summed E-state index contributed by atoms with van der Waals surface area (Å²) in [5.74, 6) is 1.25. The highest BCUT2D eigenvalue weighted by molar-refractivity contribution is 6.03. The van der Waals surface area contributed by atoms with E-state index in [1.165, 1.54) is 11.1 Å². The summed E-state index contributed by atoms with van der Waals surface area (Å²) in [7, 11) is 3.21. The fraction of sp³-hybridized carbons (Fsp3) is 0.158. The number of methoxy groups -OCH3 is 2. The molecular weight excluding hydrogens is 304 g/mol. The number of hydrogen-bond donors (Lipinski definition) is 0. The number of rotatable bonds is 6. The molecule has 0 aliphatic carbocycles. The first-order valence-corrected chi connectivity index (χ1v) is 7.47. The highest BCUT2D eigenvalue weighted by atomic mass is 16.5. The minimum atomic E-state index is -0.242. The van der Waals surface area contributed by atoms with E-state index in [2.05, 4.69) is 5.10 Å². The van der Waals surface area contributed by atoms with E-state index in [1.54, 1.807) is 57.7 Å². The Morgan fingerprint density at radius 2 is 1.50 bits per heavy atom. The second kappa shape index (κ2) is 8.53. The summed E-state index contributed by atoms with van der Waals surface area (Å²) in [4.78, 5) is 12.5. The monoisotopic (exact) mass is 324 g/mol. The SMILES string of the molecule is CC=NN(C(=O)C=Cc1ccc(OC)cc1)c1ccc(OC)cc1. The highest BCUT2D eigenvalue weighted by Crippen LogP contribution is 2.20. The summed E-state index contributed by atoms with van der Waals surface area (Å²) in [5, 5.41) is 5.47. The third kappa shape index (κ3) is 4.46. The van der Waals surface area contributed by atoms with Gasteiger partial charge in [0.2, 0.25) is 0 Å². The van der Waals surface area contributed by atoms with Gasteiger partial charge in [-0.05, 0) is 55.0 Å². The van der Waals surface area contributed by atoms with Gasteiger partial charge in [0.15, 0.2) is 0 Å². The molecule has 0 saturated carbocycles. The Bertz CT molecular complexity index is 719. The molecule has 0 bridgehead atoms. The first kappa shape index (κ1) is 17.3. The molecule has 0 radical (unpaired) electrons. The highest BCUT2D eigenvalue weighted by Gasteiger charge is 2.11. The van der Waals surface area contributed by atoms with Crippen molar-refractivity contribution >= 4 is 23.9 Å². The van der Waals surface area contributed by atoms with Crippen LogP contribution in [-0.4, -0.2) is 26.3 Å². The van der Waals surface area contributed by atoms with Gasteiger partial charge in [-0.3, -0.25) is 4.79 Å². The van der Waals surface area contributed by atoms with Gasteiger partial charge in [0.05, 0.1) is 19.9 Å². The van der Waals surface area contributed by atoms with Gasteiger partial charge >= 0.3 is 0 Å². The lowest BCUT2D eigenvalue weighted by atomic mass is 10.2. The Morgan fingerprint density at radius 1 is 0.958 bits per heavy atom. The molecule has 0 N–H and O–H groups in total. The third-order valence-electron chi connectivity index (χ3n) is 3.29. The van der Waals surface area contributed by atoms with Crippen LogP contribution in [0.5, 0.6) is 11.5 Å². The van der Waals surface area contributed by atoms with Crippen LogP contribution < -0.4 is 14.5 Å². The van der Waals surface area contributed by atoms with Crippen molar-refractivity contribution in [2.75, 3.05) is 19.2 Å². The average molecular weight is 324 g/mol. The van der Waals surface area contributed by atoms with Crippen molar-refractivity contribution in [1.29, 1.82) is 0 Å². The summed E-state index contributed by atoms with van der Waals surface area (Å²) in [6, 6.07) is 14.6. The fourth-order valence-electron chi connectivity index (χ4n) is 2.04. The summed E-state index contributed by atoms with van der Waals surface area (Å²) in [6.07, 6.45) is 4.80. The number of carbonyl (C=O) groups is 1. The predicted octanol–water partition coefficient (Wildman–Crippen LogP) is 3.76. The second-order valence-corrected chi connectivity index (χ2v) is 4.83. The number of carbonyl (C=O) groups excluding carboxylic acids is 1. The second-order valence-electron chi connectivity index (χ2n) is 4.83. The zero-order chi connectivity index (χ0) is 17.4. The van der Waals surface area contributed by atoms with Gasteiger partial charge in [-0.2, -0.15) is 10.1 Å². The Labute approximate surface area is 141 Å². The first-order chi connectivity index (χ1) is 11.7. The van der Waals surface area contributed by atoms with E-state index in [0.29, 0.717) is 5.69 Å². The smallest absolute Gasteiger partial charge is 0.271 e. The van der Waals surface area contributed by atoms with Crippen molar-refractivity contribution < 1.29 is 14.3 Å². The van der Waals surface area contributed by atoms with E-state index in [1.807, 2.05) is 24.3 Å². The van der Waals surface area contributed by atoms with E-state index < -0.39 is 0 Å². The lowest BCUT2D eigenvalue weighted by Gasteiger charge is -2.15. The predicted molar refractivity (Wildman–Crippen MR) is 96.7 cm³/mol. The molecule has 0 fully saturated rings. The van der Waals surface area contributed by atoms with Crippen LogP contribution in [0.4, 0.5) is 5.69 Å². The lowest BCUT2D eigenvalue weighted by Crippen LogP contribution is -2.23. The van der Waals surface area contributed by atoms with Gasteiger partial charge in [-0.25, -0.2) is 0 Å². The quantitative estimate of drug-likeness (QED) is 0.462. The molecule has 0 saturated heterocycles. The molecule has 0 aliphatic rings. The minimum Gasteiger partial charge on any atom is -0.497 e. The van der Waals surface area contributed by atoms with Crippen molar-refractivity contribution in [2.24, 2.45) is 5.10 Å². The number of anilines is 1. The number of amides is 1. The molecule has 5 nitrogen and oxygen atoms in total. The number of hydrazone groups is 1. The summed E-state index contributed by atoms with van der Waals surface area (Å²) in [6.45, 7) is 1.76. The van der Waals surface area contributed by atoms with E-state index in [4.69, 9.17) is 9.47 Å². The van der Waals surface area contributed by atoms with Gasteiger partial charge in [0.25, 0.3) is 5.91 Å². The standard InChI is InChI=1S/C19H20N2O3/c1-4-20-21(16-8-12-18(24-3)13-9-16)19(22)14-7-15-5-10-17(23-2)11-6-15/h4-14H,1-3H3. The third-order valence-corrected chi connectivity index (χ3v) is 3.29. The first-order valence-electron chi connectivity index (χ1n) is 7.47. The van der Waals surface area contributed by atoms with Crippen LogP contribution in [0, 0.1) is 0 Å². The van der Waals surface area contributed by atoms with Crippen molar-refractivity contribution in [3.63, 3.8) is 0 Å². The molecule has 0 unspecified atom stereocenters. The zero-order valence-electron chi connectivity index (χ0n) is 14.0. The number of nitrogens with zero attached hydrogens (tertiary/aromatic N) is 2. The molecular formula is C19H20N2O3. The molecule has 0 aliphatic heterocycles. The number of benzene rings is 2. The molecule has 5 heteroatoms. The number of hydrogen-bond acceptors (Lipinski definition) is 4. The van der Waals surface area contributed by atoms with Crippen LogP contribution >= 0.6 is 0 Å². The van der Waals surface area contributed by atoms with Crippen molar-refractivity contribution in [3.05, 3.63) is 60.2 Å². The summed E-state index contributed by atoms with van der Waals surface area (Å²) >= 11 is 0. The van der Waals surface area contributed by atoms with Crippen LogP contribution in [0.25, 0.3) is 6.08 Å². The van der Waals surface area contributed by atoms with Crippen LogP contribution in [0.1, 0.15) is 12.5 Å². The Balaban J connectivity index is 2.16. The van der Waals surface area contributed by atoms with Gasteiger partial charge in [0, 0.05) is 12.3 Å². The summed E-state index contributed by atoms with van der Waals surface area (Å²) < 4.78 is 10.2. The average Bonchev–Trinajstić information content (AvgIpc) is 2.64. The minimum absolute atomic E-state index is 0.242. The normalized spacial score (nSPS) is 11.0. The maximum atomic E-state index is 12.5. The van der Waals surface area contributed by atoms with Gasteiger partial charge in [-0.15, -0.1) is 0 Å².